The maximum Gasteiger partial charge on any atom is 0.365 e. The van der Waals surface area contributed by atoms with E-state index < -0.39 is 11.9 Å². The predicted octanol–water partition coefficient (Wildman–Crippen LogP) is 0.729. The van der Waals surface area contributed by atoms with E-state index in [1.54, 1.807) is 6.92 Å². The van der Waals surface area contributed by atoms with Crippen LogP contribution in [-0.2, 0) is 19.2 Å². The molecule has 0 fully saturated rings. The van der Waals surface area contributed by atoms with Crippen molar-refractivity contribution < 1.29 is 24.5 Å². The monoisotopic (exact) mass is 208 g/mol. The van der Waals surface area contributed by atoms with Crippen molar-refractivity contribution in [1.29, 1.82) is 0 Å². The average Bonchev–Trinajstić information content (AvgIpc) is 2.10. The van der Waals surface area contributed by atoms with Crippen LogP contribution in [0.1, 0.15) is 6.92 Å². The van der Waals surface area contributed by atoms with Crippen LogP contribution < -0.4 is 0 Å². The zero-order valence-corrected chi connectivity index (χ0v) is 7.65. The normalized spacial score (nSPS) is 12.5. The van der Waals surface area contributed by atoms with Crippen molar-refractivity contribution in [3.05, 3.63) is 12.2 Å². The van der Waals surface area contributed by atoms with Crippen molar-refractivity contribution in [3.63, 3.8) is 0 Å². The SMILES string of the molecule is CC(Cl)COC(=O)/C=C\C(=O)OO. The summed E-state index contributed by atoms with van der Waals surface area (Å²) < 4.78 is 4.55. The molecule has 0 aromatic rings. The van der Waals surface area contributed by atoms with Crippen LogP contribution in [0.2, 0.25) is 0 Å². The molecule has 0 rings (SSSR count). The summed E-state index contributed by atoms with van der Waals surface area (Å²) in [7, 11) is 0. The van der Waals surface area contributed by atoms with Gasteiger partial charge in [-0.2, -0.15) is 5.26 Å². The van der Waals surface area contributed by atoms with Crippen LogP contribution in [0.25, 0.3) is 0 Å². The fourth-order valence-corrected chi connectivity index (χ4v) is 0.475. The Kier molecular flexibility index (Phi) is 5.92. The van der Waals surface area contributed by atoms with Crippen molar-refractivity contribution >= 4 is 23.5 Å². The predicted molar refractivity (Wildman–Crippen MR) is 44.1 cm³/mol. The van der Waals surface area contributed by atoms with Crippen molar-refractivity contribution in [3.8, 4) is 0 Å². The lowest BCUT2D eigenvalue weighted by atomic mass is 10.5. The molecule has 0 heterocycles. The van der Waals surface area contributed by atoms with Gasteiger partial charge in [-0.05, 0) is 6.92 Å². The Morgan fingerprint density at radius 3 is 2.46 bits per heavy atom. The molecule has 0 bridgehead atoms. The molecule has 0 amide bonds. The third kappa shape index (κ3) is 7.30. The van der Waals surface area contributed by atoms with Gasteiger partial charge in [-0.1, -0.05) is 0 Å². The fraction of sp³-hybridized carbons (Fsp3) is 0.429. The van der Waals surface area contributed by atoms with Gasteiger partial charge < -0.3 is 4.74 Å². The van der Waals surface area contributed by atoms with Crippen molar-refractivity contribution in [2.24, 2.45) is 0 Å². The lowest BCUT2D eigenvalue weighted by molar-refractivity contribution is -0.228. The zero-order chi connectivity index (χ0) is 10.3. The Hall–Kier alpha value is -1.07. The van der Waals surface area contributed by atoms with Crippen LogP contribution in [0.15, 0.2) is 12.2 Å². The van der Waals surface area contributed by atoms with E-state index in [2.05, 4.69) is 9.62 Å². The molecule has 1 atom stereocenters. The molecule has 0 aliphatic carbocycles. The molecule has 0 aliphatic rings. The molecule has 0 aromatic heterocycles. The number of hydrogen-bond acceptors (Lipinski definition) is 5. The van der Waals surface area contributed by atoms with E-state index in [1.807, 2.05) is 0 Å². The highest BCUT2D eigenvalue weighted by Crippen LogP contribution is 1.94. The first-order valence-electron chi connectivity index (χ1n) is 3.40. The molecule has 0 saturated heterocycles. The second kappa shape index (κ2) is 6.45. The van der Waals surface area contributed by atoms with E-state index in [4.69, 9.17) is 16.9 Å². The molecule has 1 N–H and O–H groups in total. The summed E-state index contributed by atoms with van der Waals surface area (Å²) in [6, 6.07) is 0. The van der Waals surface area contributed by atoms with Gasteiger partial charge in [0, 0.05) is 12.2 Å². The maximum atomic E-state index is 10.7. The highest BCUT2D eigenvalue weighted by molar-refractivity contribution is 6.20. The second-order valence-corrected chi connectivity index (χ2v) is 2.90. The first-order chi connectivity index (χ1) is 6.06. The molecule has 0 radical (unpaired) electrons. The topological polar surface area (TPSA) is 72.8 Å². The molecular formula is C7H9ClO5. The van der Waals surface area contributed by atoms with Gasteiger partial charge in [0.2, 0.25) is 0 Å². The van der Waals surface area contributed by atoms with Crippen LogP contribution in [0, 0.1) is 0 Å². The van der Waals surface area contributed by atoms with Crippen molar-refractivity contribution in [2.75, 3.05) is 6.61 Å². The van der Waals surface area contributed by atoms with E-state index in [-0.39, 0.29) is 12.0 Å². The number of alkyl halides is 1. The molecular weight excluding hydrogens is 200 g/mol. The Morgan fingerprint density at radius 2 is 2.00 bits per heavy atom. The van der Waals surface area contributed by atoms with Crippen molar-refractivity contribution in [2.45, 2.75) is 12.3 Å². The molecule has 13 heavy (non-hydrogen) atoms. The van der Waals surface area contributed by atoms with Crippen LogP contribution in [0.4, 0.5) is 0 Å². The third-order valence-electron chi connectivity index (χ3n) is 0.901. The number of rotatable bonds is 4. The van der Waals surface area contributed by atoms with Crippen LogP contribution in [0.3, 0.4) is 0 Å². The Labute approximate surface area is 79.8 Å². The first-order valence-corrected chi connectivity index (χ1v) is 3.84. The molecule has 6 heteroatoms. The Bertz CT molecular complexity index is 211. The minimum absolute atomic E-state index is 0.0545. The highest BCUT2D eigenvalue weighted by atomic mass is 35.5. The number of carbonyl (C=O) groups excluding carboxylic acids is 2. The van der Waals surface area contributed by atoms with Gasteiger partial charge in [-0.3, -0.25) is 4.89 Å². The van der Waals surface area contributed by atoms with Gasteiger partial charge in [-0.15, -0.1) is 11.6 Å². The smallest absolute Gasteiger partial charge is 0.365 e. The quantitative estimate of drug-likeness (QED) is 0.242. The zero-order valence-electron chi connectivity index (χ0n) is 6.90. The fourth-order valence-electron chi connectivity index (χ4n) is 0.412. The standard InChI is InChI=1S/C7H9ClO5/c1-5(8)4-12-6(9)2-3-7(10)13-11/h2-3,5,11H,4H2,1H3/b3-2-. The number of esters is 1. The maximum absolute atomic E-state index is 10.7. The van der Waals surface area contributed by atoms with Gasteiger partial charge in [0.1, 0.15) is 6.61 Å². The Morgan fingerprint density at radius 1 is 1.46 bits per heavy atom. The highest BCUT2D eigenvalue weighted by Gasteiger charge is 2.02. The molecule has 0 aromatic carbocycles. The number of hydrogen-bond donors (Lipinski definition) is 1. The van der Waals surface area contributed by atoms with Crippen LogP contribution in [-0.4, -0.2) is 29.2 Å². The second-order valence-electron chi connectivity index (χ2n) is 2.15. The molecule has 0 spiro atoms. The minimum Gasteiger partial charge on any atom is -0.461 e. The summed E-state index contributed by atoms with van der Waals surface area (Å²) >= 11 is 5.48. The summed E-state index contributed by atoms with van der Waals surface area (Å²) in [5, 5.41) is 7.50. The summed E-state index contributed by atoms with van der Waals surface area (Å²) in [4.78, 5) is 24.2. The molecule has 1 unspecified atom stereocenters. The third-order valence-corrected chi connectivity index (χ3v) is 1.03. The minimum atomic E-state index is -1.05. The van der Waals surface area contributed by atoms with E-state index in [9.17, 15) is 9.59 Å². The van der Waals surface area contributed by atoms with E-state index in [0.717, 1.165) is 12.2 Å². The lowest BCUT2D eigenvalue weighted by Crippen LogP contribution is -2.09. The first kappa shape index (κ1) is 11.9. The molecule has 74 valence electrons. The van der Waals surface area contributed by atoms with Crippen LogP contribution in [0.5, 0.6) is 0 Å². The summed E-state index contributed by atoms with van der Waals surface area (Å²) in [6.07, 6.45) is 1.57. The average molecular weight is 209 g/mol. The largest absolute Gasteiger partial charge is 0.461 e. The summed E-state index contributed by atoms with van der Waals surface area (Å²) in [5.41, 5.74) is 0. The Balaban J connectivity index is 3.74. The summed E-state index contributed by atoms with van der Waals surface area (Å²) in [5.74, 6) is -1.77. The van der Waals surface area contributed by atoms with Gasteiger partial charge in [0.25, 0.3) is 0 Å². The van der Waals surface area contributed by atoms with Gasteiger partial charge in [0.05, 0.1) is 5.38 Å². The molecule has 5 nitrogen and oxygen atoms in total. The van der Waals surface area contributed by atoms with Crippen LogP contribution >= 0.6 is 11.6 Å². The molecule has 0 saturated carbocycles. The van der Waals surface area contributed by atoms with E-state index in [0.29, 0.717) is 0 Å². The summed E-state index contributed by atoms with van der Waals surface area (Å²) in [6.45, 7) is 1.71. The van der Waals surface area contributed by atoms with E-state index in [1.165, 1.54) is 0 Å². The van der Waals surface area contributed by atoms with Crippen molar-refractivity contribution in [1.82, 2.24) is 0 Å². The molecule has 0 aliphatic heterocycles. The lowest BCUT2D eigenvalue weighted by Gasteiger charge is -2.01. The number of halogens is 1. The number of carbonyl (C=O) groups is 2. The van der Waals surface area contributed by atoms with Gasteiger partial charge >= 0.3 is 11.9 Å². The van der Waals surface area contributed by atoms with Gasteiger partial charge in [0.15, 0.2) is 0 Å². The van der Waals surface area contributed by atoms with Gasteiger partial charge in [-0.25, -0.2) is 9.59 Å². The van der Waals surface area contributed by atoms with E-state index >= 15 is 0 Å². The number of ether oxygens (including phenoxy) is 1.